The predicted octanol–water partition coefficient (Wildman–Crippen LogP) is 3.73. The van der Waals surface area contributed by atoms with Crippen molar-refractivity contribution in [2.24, 2.45) is 0 Å². The molecule has 1 heterocycles. The van der Waals surface area contributed by atoms with Gasteiger partial charge in [0.15, 0.2) is 0 Å². The number of amides is 1. The van der Waals surface area contributed by atoms with Gasteiger partial charge in [0.1, 0.15) is 10.6 Å². The number of ether oxygens (including phenoxy) is 1. The van der Waals surface area contributed by atoms with E-state index in [9.17, 15) is 13.2 Å². The van der Waals surface area contributed by atoms with Gasteiger partial charge in [-0.05, 0) is 44.2 Å². The van der Waals surface area contributed by atoms with Crippen molar-refractivity contribution in [1.29, 1.82) is 0 Å². The molecule has 1 saturated heterocycles. The van der Waals surface area contributed by atoms with Crippen LogP contribution in [0.4, 0.5) is 5.69 Å². The highest BCUT2D eigenvalue weighted by Gasteiger charge is 2.33. The Hall–Kier alpha value is -1.84. The maximum absolute atomic E-state index is 13.0. The molecule has 0 radical (unpaired) electrons. The Morgan fingerprint density at radius 2 is 1.81 bits per heavy atom. The minimum atomic E-state index is -3.77. The summed E-state index contributed by atoms with van der Waals surface area (Å²) in [6.07, 6.45) is 0. The van der Waals surface area contributed by atoms with Gasteiger partial charge < -0.3 is 10.1 Å². The average Bonchev–Trinajstić information content (AvgIpc) is 2.76. The van der Waals surface area contributed by atoms with Crippen molar-refractivity contribution in [2.45, 2.75) is 24.8 Å². The molecule has 1 N–H and O–H groups in total. The second kappa shape index (κ2) is 10.2. The molecule has 2 aromatic carbocycles. The van der Waals surface area contributed by atoms with Crippen LogP contribution in [0.15, 0.2) is 47.4 Å². The van der Waals surface area contributed by atoms with Crippen LogP contribution in [-0.2, 0) is 14.8 Å². The summed E-state index contributed by atoms with van der Waals surface area (Å²) in [5.41, 5.74) is 0.609. The first-order valence-corrected chi connectivity index (χ1v) is 12.2. The van der Waals surface area contributed by atoms with E-state index in [1.165, 1.54) is 16.4 Å². The zero-order valence-electron chi connectivity index (χ0n) is 17.3. The van der Waals surface area contributed by atoms with Gasteiger partial charge in [0.05, 0.1) is 23.4 Å². The summed E-state index contributed by atoms with van der Waals surface area (Å²) in [5, 5.41) is 3.34. The van der Waals surface area contributed by atoms with Gasteiger partial charge in [-0.15, -0.1) is 0 Å². The van der Waals surface area contributed by atoms with E-state index in [4.69, 9.17) is 27.9 Å². The monoisotopic (exact) mass is 485 g/mol. The SMILES string of the molecule is CCOc1ccccc1NC(=O)C(C)N1CCN(S(=O)(=O)c2cc(Cl)ccc2Cl)CC1. The minimum absolute atomic E-state index is 0.00607. The van der Waals surface area contributed by atoms with Gasteiger partial charge in [0.2, 0.25) is 15.9 Å². The van der Waals surface area contributed by atoms with Gasteiger partial charge in [-0.3, -0.25) is 9.69 Å². The van der Waals surface area contributed by atoms with Crippen LogP contribution in [0.5, 0.6) is 5.75 Å². The molecule has 10 heteroatoms. The topological polar surface area (TPSA) is 79.0 Å². The number of benzene rings is 2. The third-order valence-corrected chi connectivity index (χ3v) is 7.77. The number of carbonyl (C=O) groups excluding carboxylic acids is 1. The lowest BCUT2D eigenvalue weighted by molar-refractivity contribution is -0.121. The van der Waals surface area contributed by atoms with Crippen molar-refractivity contribution in [3.05, 3.63) is 52.5 Å². The molecule has 0 spiro atoms. The molecule has 0 aliphatic carbocycles. The van der Waals surface area contributed by atoms with E-state index in [0.29, 0.717) is 36.2 Å². The number of hydrogen-bond acceptors (Lipinski definition) is 5. The molecule has 2 aromatic rings. The second-order valence-electron chi connectivity index (χ2n) is 7.11. The maximum Gasteiger partial charge on any atom is 0.244 e. The molecule has 3 rings (SSSR count). The smallest absolute Gasteiger partial charge is 0.244 e. The summed E-state index contributed by atoms with van der Waals surface area (Å²) in [4.78, 5) is 14.7. The number of sulfonamides is 1. The lowest BCUT2D eigenvalue weighted by Gasteiger charge is -2.36. The Morgan fingerprint density at radius 1 is 1.13 bits per heavy atom. The highest BCUT2D eigenvalue weighted by atomic mass is 35.5. The first-order valence-electron chi connectivity index (χ1n) is 9.96. The molecular formula is C21H25Cl2N3O4S. The third kappa shape index (κ3) is 5.51. The van der Waals surface area contributed by atoms with Crippen LogP contribution in [-0.4, -0.2) is 62.4 Å². The molecule has 1 fully saturated rings. The van der Waals surface area contributed by atoms with Gasteiger partial charge >= 0.3 is 0 Å². The summed E-state index contributed by atoms with van der Waals surface area (Å²) in [6, 6.07) is 11.2. The molecule has 31 heavy (non-hydrogen) atoms. The normalized spacial score (nSPS) is 16.6. The summed E-state index contributed by atoms with van der Waals surface area (Å²) in [7, 11) is -3.77. The van der Waals surface area contributed by atoms with Crippen LogP contribution in [0.25, 0.3) is 0 Å². The van der Waals surface area contributed by atoms with E-state index in [2.05, 4.69) is 5.32 Å². The van der Waals surface area contributed by atoms with Crippen LogP contribution in [0, 0.1) is 0 Å². The molecule has 7 nitrogen and oxygen atoms in total. The number of piperazine rings is 1. The number of carbonyl (C=O) groups is 1. The first-order chi connectivity index (χ1) is 14.7. The third-order valence-electron chi connectivity index (χ3n) is 5.16. The summed E-state index contributed by atoms with van der Waals surface area (Å²) in [6.45, 7) is 5.51. The number of nitrogens with one attached hydrogen (secondary N) is 1. The Morgan fingerprint density at radius 3 is 2.48 bits per heavy atom. The van der Waals surface area contributed by atoms with Crippen molar-refractivity contribution in [2.75, 3.05) is 38.1 Å². The van der Waals surface area contributed by atoms with Crippen molar-refractivity contribution < 1.29 is 17.9 Å². The van der Waals surface area contributed by atoms with Crippen LogP contribution >= 0.6 is 23.2 Å². The molecular weight excluding hydrogens is 461 g/mol. The van der Waals surface area contributed by atoms with Crippen LogP contribution in [0.1, 0.15) is 13.8 Å². The number of anilines is 1. The molecule has 0 aromatic heterocycles. The Bertz CT molecular complexity index is 1040. The number of hydrogen-bond donors (Lipinski definition) is 1. The quantitative estimate of drug-likeness (QED) is 0.646. The number of nitrogens with zero attached hydrogens (tertiary/aromatic N) is 2. The van der Waals surface area contributed by atoms with Gasteiger partial charge in [-0.25, -0.2) is 8.42 Å². The maximum atomic E-state index is 13.0. The van der Waals surface area contributed by atoms with Crippen LogP contribution < -0.4 is 10.1 Å². The standard InChI is InChI=1S/C21H25Cl2N3O4S/c1-3-30-19-7-5-4-6-18(19)24-21(27)15(2)25-10-12-26(13-11-25)31(28,29)20-14-16(22)8-9-17(20)23/h4-9,14-15H,3,10-13H2,1-2H3,(H,24,27). The Kier molecular flexibility index (Phi) is 7.82. The van der Waals surface area contributed by atoms with Gasteiger partial charge in [0, 0.05) is 31.2 Å². The van der Waals surface area contributed by atoms with E-state index in [-0.39, 0.29) is 28.9 Å². The van der Waals surface area contributed by atoms with Crippen molar-refractivity contribution in [3.8, 4) is 5.75 Å². The van der Waals surface area contributed by atoms with E-state index < -0.39 is 16.1 Å². The van der Waals surface area contributed by atoms with Crippen molar-refractivity contribution in [3.63, 3.8) is 0 Å². The lowest BCUT2D eigenvalue weighted by Crippen LogP contribution is -2.53. The summed E-state index contributed by atoms with van der Waals surface area (Å²) in [5.74, 6) is 0.432. The Balaban J connectivity index is 1.64. The molecule has 0 bridgehead atoms. The molecule has 1 amide bonds. The fraction of sp³-hybridized carbons (Fsp3) is 0.381. The van der Waals surface area contributed by atoms with E-state index >= 15 is 0 Å². The number of para-hydroxylation sites is 2. The van der Waals surface area contributed by atoms with Crippen molar-refractivity contribution in [1.82, 2.24) is 9.21 Å². The lowest BCUT2D eigenvalue weighted by atomic mass is 10.2. The minimum Gasteiger partial charge on any atom is -0.492 e. The molecule has 1 atom stereocenters. The highest BCUT2D eigenvalue weighted by molar-refractivity contribution is 7.89. The van der Waals surface area contributed by atoms with Gasteiger partial charge in [-0.1, -0.05) is 35.3 Å². The summed E-state index contributed by atoms with van der Waals surface area (Å²) >= 11 is 12.1. The molecule has 1 aliphatic heterocycles. The highest BCUT2D eigenvalue weighted by Crippen LogP contribution is 2.29. The van der Waals surface area contributed by atoms with Crippen LogP contribution in [0.3, 0.4) is 0 Å². The largest absolute Gasteiger partial charge is 0.492 e. The molecule has 1 unspecified atom stereocenters. The molecule has 0 saturated carbocycles. The average molecular weight is 486 g/mol. The second-order valence-corrected chi connectivity index (χ2v) is 9.86. The van der Waals surface area contributed by atoms with Crippen molar-refractivity contribution >= 4 is 44.8 Å². The zero-order chi connectivity index (χ0) is 22.6. The molecule has 168 valence electrons. The molecule has 1 aliphatic rings. The first kappa shape index (κ1) is 23.8. The van der Waals surface area contributed by atoms with Gasteiger partial charge in [-0.2, -0.15) is 4.31 Å². The predicted molar refractivity (Wildman–Crippen MR) is 122 cm³/mol. The number of rotatable bonds is 7. The summed E-state index contributed by atoms with van der Waals surface area (Å²) < 4.78 is 32.9. The fourth-order valence-electron chi connectivity index (χ4n) is 3.40. The fourth-order valence-corrected chi connectivity index (χ4v) is 5.56. The Labute approximate surface area is 192 Å². The van der Waals surface area contributed by atoms with Gasteiger partial charge in [0.25, 0.3) is 0 Å². The van der Waals surface area contributed by atoms with E-state index in [1.54, 1.807) is 25.1 Å². The number of halogens is 2. The van der Waals surface area contributed by atoms with Crippen LogP contribution in [0.2, 0.25) is 10.0 Å². The zero-order valence-corrected chi connectivity index (χ0v) is 19.7. The van der Waals surface area contributed by atoms with E-state index in [0.717, 1.165) is 0 Å². The van der Waals surface area contributed by atoms with E-state index in [1.807, 2.05) is 24.0 Å².